The van der Waals surface area contributed by atoms with Crippen LogP contribution in [0.3, 0.4) is 0 Å². The molecule has 5 nitrogen and oxygen atoms in total. The number of piperazine rings is 1. The second-order valence-electron chi connectivity index (χ2n) is 6.05. The van der Waals surface area contributed by atoms with Gasteiger partial charge < -0.3 is 9.64 Å². The molecule has 0 amide bonds. The quantitative estimate of drug-likeness (QED) is 0.643. The minimum atomic E-state index is -0.260. The Morgan fingerprint density at radius 3 is 2.62 bits per heavy atom. The number of thiazole rings is 2. The van der Waals surface area contributed by atoms with Crippen LogP contribution in [0.5, 0.6) is 5.75 Å². The molecule has 0 N–H and O–H groups in total. The summed E-state index contributed by atoms with van der Waals surface area (Å²) < 4.78 is 18.6. The molecule has 1 aliphatic heterocycles. The van der Waals surface area contributed by atoms with Gasteiger partial charge in [0.05, 0.1) is 5.69 Å². The Hall–Kier alpha value is -2.03. The number of ether oxygens (including phenoxy) is 1. The number of hydrogen-bond acceptors (Lipinski definition) is 7. The van der Waals surface area contributed by atoms with E-state index < -0.39 is 0 Å². The molecule has 3 heterocycles. The largest absolute Gasteiger partial charge is 0.486 e. The zero-order valence-electron chi connectivity index (χ0n) is 14.2. The highest BCUT2D eigenvalue weighted by Gasteiger charge is 2.19. The highest BCUT2D eigenvalue weighted by Crippen LogP contribution is 2.20. The molecule has 136 valence electrons. The topological polar surface area (TPSA) is 41.5 Å². The molecule has 1 aromatic carbocycles. The molecule has 0 unspecified atom stereocenters. The Bertz CT molecular complexity index is 814. The lowest BCUT2D eigenvalue weighted by Gasteiger charge is -2.34. The van der Waals surface area contributed by atoms with E-state index in [9.17, 15) is 4.39 Å². The smallest absolute Gasteiger partial charge is 0.185 e. The van der Waals surface area contributed by atoms with E-state index in [4.69, 9.17) is 4.74 Å². The van der Waals surface area contributed by atoms with Gasteiger partial charge in [0.2, 0.25) is 0 Å². The molecule has 8 heteroatoms. The Labute approximate surface area is 159 Å². The summed E-state index contributed by atoms with van der Waals surface area (Å²) in [6, 6.07) is 6.06. The maximum absolute atomic E-state index is 12.9. The highest BCUT2D eigenvalue weighted by atomic mass is 32.1. The first kappa shape index (κ1) is 17.4. The van der Waals surface area contributed by atoms with Crippen LogP contribution in [-0.2, 0) is 13.2 Å². The molecule has 0 spiro atoms. The van der Waals surface area contributed by atoms with Gasteiger partial charge in [-0.1, -0.05) is 0 Å². The second-order valence-corrected chi connectivity index (χ2v) is 7.87. The van der Waals surface area contributed by atoms with Gasteiger partial charge in [0.25, 0.3) is 0 Å². The van der Waals surface area contributed by atoms with E-state index in [2.05, 4.69) is 25.1 Å². The van der Waals surface area contributed by atoms with Gasteiger partial charge in [-0.15, -0.1) is 22.7 Å². The molecule has 1 saturated heterocycles. The van der Waals surface area contributed by atoms with Crippen LogP contribution in [0.4, 0.5) is 9.52 Å². The fourth-order valence-corrected chi connectivity index (χ4v) is 4.26. The van der Waals surface area contributed by atoms with Gasteiger partial charge in [-0.2, -0.15) is 0 Å². The van der Waals surface area contributed by atoms with Crippen LogP contribution in [0, 0.1) is 5.82 Å². The molecule has 26 heavy (non-hydrogen) atoms. The maximum Gasteiger partial charge on any atom is 0.185 e. The third-order valence-electron chi connectivity index (χ3n) is 4.22. The van der Waals surface area contributed by atoms with Gasteiger partial charge in [-0.25, -0.2) is 14.4 Å². The number of aromatic nitrogens is 2. The molecule has 0 atom stereocenters. The van der Waals surface area contributed by atoms with Gasteiger partial charge in [-0.3, -0.25) is 4.90 Å². The normalized spacial score (nSPS) is 15.3. The van der Waals surface area contributed by atoms with Crippen LogP contribution in [0.2, 0.25) is 0 Å². The first-order valence-electron chi connectivity index (χ1n) is 8.45. The average molecular weight is 391 g/mol. The van der Waals surface area contributed by atoms with Crippen molar-refractivity contribution in [1.82, 2.24) is 14.9 Å². The van der Waals surface area contributed by atoms with Crippen LogP contribution in [0.1, 0.15) is 10.7 Å². The van der Waals surface area contributed by atoms with Crippen molar-refractivity contribution in [2.45, 2.75) is 13.2 Å². The Kier molecular flexibility index (Phi) is 5.42. The fourth-order valence-electron chi connectivity index (χ4n) is 2.86. The molecular weight excluding hydrogens is 371 g/mol. The summed E-state index contributed by atoms with van der Waals surface area (Å²) in [7, 11) is 0. The van der Waals surface area contributed by atoms with Crippen LogP contribution >= 0.6 is 22.7 Å². The SMILES string of the molecule is Fc1ccc(OCc2nc(CN3CCN(c4nccs4)CC3)cs2)cc1. The van der Waals surface area contributed by atoms with E-state index >= 15 is 0 Å². The molecular formula is C18H19FN4OS2. The van der Waals surface area contributed by atoms with Crippen LogP contribution < -0.4 is 9.64 Å². The van der Waals surface area contributed by atoms with E-state index in [1.165, 1.54) is 12.1 Å². The van der Waals surface area contributed by atoms with Crippen molar-refractivity contribution >= 4 is 27.8 Å². The lowest BCUT2D eigenvalue weighted by molar-refractivity contribution is 0.246. The van der Waals surface area contributed by atoms with Gasteiger partial charge in [0.15, 0.2) is 5.13 Å². The predicted molar refractivity (Wildman–Crippen MR) is 102 cm³/mol. The van der Waals surface area contributed by atoms with Gasteiger partial charge in [0, 0.05) is 49.7 Å². The lowest BCUT2D eigenvalue weighted by atomic mass is 10.3. The van der Waals surface area contributed by atoms with E-state index in [0.29, 0.717) is 12.4 Å². The van der Waals surface area contributed by atoms with E-state index in [1.807, 2.05) is 11.6 Å². The fraction of sp³-hybridized carbons (Fsp3) is 0.333. The highest BCUT2D eigenvalue weighted by molar-refractivity contribution is 7.13. The van der Waals surface area contributed by atoms with Gasteiger partial charge in [-0.05, 0) is 24.3 Å². The molecule has 0 radical (unpaired) electrons. The molecule has 1 fully saturated rings. The molecule has 0 bridgehead atoms. The molecule has 0 aliphatic carbocycles. The third-order valence-corrected chi connectivity index (χ3v) is 5.93. The number of nitrogens with zero attached hydrogens (tertiary/aromatic N) is 4. The van der Waals surface area contributed by atoms with Crippen molar-refractivity contribution < 1.29 is 9.13 Å². The summed E-state index contributed by atoms with van der Waals surface area (Å²) >= 11 is 3.30. The zero-order chi connectivity index (χ0) is 17.8. The van der Waals surface area contributed by atoms with Crippen molar-refractivity contribution in [3.63, 3.8) is 0 Å². The van der Waals surface area contributed by atoms with Crippen molar-refractivity contribution in [3.8, 4) is 5.75 Å². The number of benzene rings is 1. The summed E-state index contributed by atoms with van der Waals surface area (Å²) in [5, 5.41) is 6.16. The summed E-state index contributed by atoms with van der Waals surface area (Å²) in [6.45, 7) is 5.29. The number of hydrogen-bond donors (Lipinski definition) is 0. The minimum Gasteiger partial charge on any atom is -0.486 e. The molecule has 0 saturated carbocycles. The monoisotopic (exact) mass is 390 g/mol. The van der Waals surface area contributed by atoms with Crippen molar-refractivity contribution in [2.24, 2.45) is 0 Å². The summed E-state index contributed by atoms with van der Waals surface area (Å²) in [5.41, 5.74) is 1.08. The Morgan fingerprint density at radius 1 is 1.08 bits per heavy atom. The first-order chi connectivity index (χ1) is 12.8. The summed E-state index contributed by atoms with van der Waals surface area (Å²) in [6.07, 6.45) is 1.86. The number of anilines is 1. The van der Waals surface area contributed by atoms with E-state index in [-0.39, 0.29) is 5.82 Å². The number of halogens is 1. The summed E-state index contributed by atoms with van der Waals surface area (Å²) in [4.78, 5) is 13.8. The predicted octanol–water partition coefficient (Wildman–Crippen LogP) is 3.64. The first-order valence-corrected chi connectivity index (χ1v) is 10.2. The molecule has 3 aromatic rings. The van der Waals surface area contributed by atoms with Crippen LogP contribution in [-0.4, -0.2) is 41.0 Å². The number of rotatable bonds is 6. The lowest BCUT2D eigenvalue weighted by Crippen LogP contribution is -2.46. The van der Waals surface area contributed by atoms with Crippen molar-refractivity contribution in [1.29, 1.82) is 0 Å². The van der Waals surface area contributed by atoms with Crippen molar-refractivity contribution in [2.75, 3.05) is 31.1 Å². The zero-order valence-corrected chi connectivity index (χ0v) is 15.8. The molecule has 2 aromatic heterocycles. The van der Waals surface area contributed by atoms with E-state index in [1.54, 1.807) is 34.8 Å². The Morgan fingerprint density at radius 2 is 1.88 bits per heavy atom. The average Bonchev–Trinajstić information content (AvgIpc) is 3.34. The van der Waals surface area contributed by atoms with Crippen molar-refractivity contribution in [3.05, 3.63) is 57.7 Å². The standard InChI is InChI=1S/C18H19FN4OS2/c19-14-1-3-16(4-2-14)24-12-17-21-15(13-26-17)11-22-6-8-23(9-7-22)18-20-5-10-25-18/h1-5,10,13H,6-9,11-12H2. The minimum absolute atomic E-state index is 0.260. The van der Waals surface area contributed by atoms with E-state index in [0.717, 1.165) is 48.6 Å². The van der Waals surface area contributed by atoms with Crippen LogP contribution in [0.25, 0.3) is 0 Å². The maximum atomic E-state index is 12.9. The van der Waals surface area contributed by atoms with Gasteiger partial charge >= 0.3 is 0 Å². The Balaban J connectivity index is 1.25. The summed E-state index contributed by atoms with van der Waals surface area (Å²) in [5.74, 6) is 0.394. The van der Waals surface area contributed by atoms with Crippen LogP contribution in [0.15, 0.2) is 41.2 Å². The van der Waals surface area contributed by atoms with Gasteiger partial charge in [0.1, 0.15) is 23.2 Å². The molecule has 4 rings (SSSR count). The second kappa shape index (κ2) is 8.11. The molecule has 1 aliphatic rings. The third kappa shape index (κ3) is 4.38.